The van der Waals surface area contributed by atoms with Crippen molar-refractivity contribution in [2.75, 3.05) is 0 Å². The Morgan fingerprint density at radius 1 is 0.306 bits per heavy atom. The van der Waals surface area contributed by atoms with Crippen LogP contribution >= 0.6 is 0 Å². The first kappa shape index (κ1) is 28.1. The molecule has 1 aliphatic rings. The van der Waals surface area contributed by atoms with Gasteiger partial charge in [0.2, 0.25) is 0 Å². The highest BCUT2D eigenvalue weighted by atomic mass is 14.4. The Hall–Kier alpha value is -5.98. The lowest BCUT2D eigenvalue weighted by atomic mass is 9.80. The molecule has 0 spiro atoms. The lowest BCUT2D eigenvalue weighted by Crippen LogP contribution is -2.15. The number of hydrogen-bond acceptors (Lipinski definition) is 0. The number of hydrogen-bond donors (Lipinski definition) is 0. The zero-order valence-electron chi connectivity index (χ0n) is 27.7. The van der Waals surface area contributed by atoms with Gasteiger partial charge in [-0.1, -0.05) is 166 Å². The van der Waals surface area contributed by atoms with Crippen LogP contribution in [0.4, 0.5) is 0 Å². The van der Waals surface area contributed by atoms with Crippen molar-refractivity contribution in [2.24, 2.45) is 0 Å². The molecule has 0 atom stereocenters. The van der Waals surface area contributed by atoms with E-state index in [2.05, 4.69) is 184 Å². The van der Waals surface area contributed by atoms with E-state index in [9.17, 15) is 0 Å². The molecule has 0 heterocycles. The lowest BCUT2D eigenvalue weighted by Gasteiger charge is -2.23. The summed E-state index contributed by atoms with van der Waals surface area (Å²) in [5.41, 5.74) is 13.0. The van der Waals surface area contributed by atoms with Crippen LogP contribution in [-0.4, -0.2) is 0 Å². The van der Waals surface area contributed by atoms with Gasteiger partial charge in [0.25, 0.3) is 0 Å². The second-order valence-electron chi connectivity index (χ2n) is 14.1. The minimum Gasteiger partial charge on any atom is -0.0622 e. The van der Waals surface area contributed by atoms with Gasteiger partial charge < -0.3 is 0 Å². The Kier molecular flexibility index (Phi) is 6.02. The zero-order valence-corrected chi connectivity index (χ0v) is 27.7. The highest BCUT2D eigenvalue weighted by molar-refractivity contribution is 6.20. The summed E-state index contributed by atoms with van der Waals surface area (Å²) in [5.74, 6) is 0. The van der Waals surface area contributed by atoms with E-state index < -0.39 is 0 Å². The molecule has 0 aromatic heterocycles. The summed E-state index contributed by atoms with van der Waals surface area (Å²) in [4.78, 5) is 0. The minimum absolute atomic E-state index is 0.0950. The van der Waals surface area contributed by atoms with Crippen molar-refractivity contribution in [1.29, 1.82) is 0 Å². The molecule has 0 radical (unpaired) electrons. The fraction of sp³-hybridized carbons (Fsp3) is 0.0612. The van der Waals surface area contributed by atoms with Crippen LogP contribution in [0.15, 0.2) is 170 Å². The smallest absolute Gasteiger partial charge is 0.0159 e. The van der Waals surface area contributed by atoms with Crippen molar-refractivity contribution >= 4 is 43.1 Å². The molecule has 49 heavy (non-hydrogen) atoms. The van der Waals surface area contributed by atoms with Crippen molar-refractivity contribution in [1.82, 2.24) is 0 Å². The number of fused-ring (bicyclic) bond motifs is 9. The van der Waals surface area contributed by atoms with E-state index >= 15 is 0 Å². The summed E-state index contributed by atoms with van der Waals surface area (Å²) in [7, 11) is 0. The summed E-state index contributed by atoms with van der Waals surface area (Å²) in [6.07, 6.45) is 0. The molecule has 0 unspecified atom stereocenters. The fourth-order valence-corrected chi connectivity index (χ4v) is 8.61. The van der Waals surface area contributed by atoms with Crippen LogP contribution in [0.2, 0.25) is 0 Å². The van der Waals surface area contributed by atoms with Crippen molar-refractivity contribution < 1.29 is 0 Å². The normalized spacial score (nSPS) is 13.3. The second-order valence-corrected chi connectivity index (χ2v) is 14.1. The third-order valence-corrected chi connectivity index (χ3v) is 11.0. The van der Waals surface area contributed by atoms with E-state index in [4.69, 9.17) is 0 Å². The molecule has 0 bridgehead atoms. The molecular weight excluding hydrogens is 589 g/mol. The highest BCUT2D eigenvalue weighted by Gasteiger charge is 2.36. The van der Waals surface area contributed by atoms with E-state index in [0.717, 1.165) is 0 Å². The monoisotopic (exact) mass is 622 g/mol. The lowest BCUT2D eigenvalue weighted by molar-refractivity contribution is 0.661. The van der Waals surface area contributed by atoms with Crippen molar-refractivity contribution in [3.8, 4) is 44.5 Å². The highest BCUT2D eigenvalue weighted by Crippen LogP contribution is 2.52. The zero-order chi connectivity index (χ0) is 32.7. The quantitative estimate of drug-likeness (QED) is 0.136. The maximum Gasteiger partial charge on any atom is 0.0159 e. The predicted molar refractivity (Wildman–Crippen MR) is 210 cm³/mol. The largest absolute Gasteiger partial charge is 0.0622 e. The predicted octanol–water partition coefficient (Wildman–Crippen LogP) is 13.6. The third kappa shape index (κ3) is 4.17. The summed E-state index contributed by atoms with van der Waals surface area (Å²) in [6, 6.07) is 63.2. The maximum atomic E-state index is 2.46. The minimum atomic E-state index is -0.0950. The summed E-state index contributed by atoms with van der Waals surface area (Å²) < 4.78 is 0. The molecule has 9 aromatic carbocycles. The molecule has 0 amide bonds. The molecule has 0 aliphatic heterocycles. The van der Waals surface area contributed by atoms with Crippen LogP contribution in [0, 0.1) is 0 Å². The summed E-state index contributed by atoms with van der Waals surface area (Å²) in [6.45, 7) is 4.76. The molecular formula is C49H34. The molecule has 10 rings (SSSR count). The van der Waals surface area contributed by atoms with Crippen LogP contribution < -0.4 is 0 Å². The summed E-state index contributed by atoms with van der Waals surface area (Å²) >= 11 is 0. The third-order valence-electron chi connectivity index (χ3n) is 11.0. The van der Waals surface area contributed by atoms with Crippen LogP contribution in [0.25, 0.3) is 87.6 Å². The number of benzene rings is 9. The molecule has 0 saturated carbocycles. The van der Waals surface area contributed by atoms with Crippen molar-refractivity contribution in [3.05, 3.63) is 181 Å². The van der Waals surface area contributed by atoms with E-state index in [-0.39, 0.29) is 5.41 Å². The van der Waals surface area contributed by atoms with Gasteiger partial charge in [-0.2, -0.15) is 0 Å². The molecule has 0 N–H and O–H groups in total. The molecule has 0 heteroatoms. The van der Waals surface area contributed by atoms with Gasteiger partial charge in [0.05, 0.1) is 0 Å². The van der Waals surface area contributed by atoms with Crippen molar-refractivity contribution in [2.45, 2.75) is 19.3 Å². The van der Waals surface area contributed by atoms with Crippen LogP contribution in [0.5, 0.6) is 0 Å². The molecule has 0 nitrogen and oxygen atoms in total. The molecule has 1 aliphatic carbocycles. The Labute approximate surface area is 286 Å². The Bertz CT molecular complexity index is 2780. The number of rotatable bonds is 3. The van der Waals surface area contributed by atoms with Crippen LogP contribution in [-0.2, 0) is 5.41 Å². The molecule has 9 aromatic rings. The van der Waals surface area contributed by atoms with E-state index in [1.165, 1.54) is 98.7 Å². The Morgan fingerprint density at radius 3 is 1.71 bits per heavy atom. The van der Waals surface area contributed by atoms with E-state index in [0.29, 0.717) is 0 Å². The fourth-order valence-electron chi connectivity index (χ4n) is 8.61. The van der Waals surface area contributed by atoms with Crippen LogP contribution in [0.3, 0.4) is 0 Å². The molecule has 230 valence electrons. The van der Waals surface area contributed by atoms with Gasteiger partial charge in [-0.3, -0.25) is 0 Å². The first-order valence-electron chi connectivity index (χ1n) is 17.3. The van der Waals surface area contributed by atoms with Gasteiger partial charge in [0.15, 0.2) is 0 Å². The second kappa shape index (κ2) is 10.5. The average Bonchev–Trinajstić information content (AvgIpc) is 3.39. The van der Waals surface area contributed by atoms with Crippen LogP contribution in [0.1, 0.15) is 25.0 Å². The van der Waals surface area contributed by atoms with Gasteiger partial charge >= 0.3 is 0 Å². The standard InChI is InChI=1S/C49H34/c1-49(2)45-27-23-33-15-7-10-18-39(33)48(45)42-26-21-35(30-46(42)49)38-24-22-36(29-43(38)31-12-4-3-5-13-31)47-40-19-11-8-16-34(40)28-44-37-17-9-6-14-32(37)20-25-41(44)47/h3-30H,1-2H3. The van der Waals surface area contributed by atoms with Gasteiger partial charge in [-0.15, -0.1) is 0 Å². The SMILES string of the molecule is CC1(C)c2cc(-c3ccc(-c4c5ccccc5cc5c4ccc4ccccc45)cc3-c3ccccc3)ccc2-c2c1ccc1ccccc21. The average molecular weight is 623 g/mol. The van der Waals surface area contributed by atoms with Gasteiger partial charge in [-0.25, -0.2) is 0 Å². The Morgan fingerprint density at radius 2 is 0.918 bits per heavy atom. The Balaban J connectivity index is 1.21. The van der Waals surface area contributed by atoms with Gasteiger partial charge in [0.1, 0.15) is 0 Å². The first-order valence-corrected chi connectivity index (χ1v) is 17.3. The van der Waals surface area contributed by atoms with Gasteiger partial charge in [-0.05, 0) is 117 Å². The molecule has 0 saturated heterocycles. The van der Waals surface area contributed by atoms with Crippen molar-refractivity contribution in [3.63, 3.8) is 0 Å². The topological polar surface area (TPSA) is 0 Å². The van der Waals surface area contributed by atoms with E-state index in [1.54, 1.807) is 0 Å². The molecule has 0 fully saturated rings. The first-order chi connectivity index (χ1) is 24.1. The maximum absolute atomic E-state index is 2.46. The van der Waals surface area contributed by atoms with E-state index in [1.807, 2.05) is 0 Å². The van der Waals surface area contributed by atoms with Gasteiger partial charge in [0, 0.05) is 5.41 Å². The summed E-state index contributed by atoms with van der Waals surface area (Å²) in [5, 5.41) is 10.3.